The molecule has 0 atom stereocenters. The predicted octanol–water partition coefficient (Wildman–Crippen LogP) is 17.0. The van der Waals surface area contributed by atoms with Crippen molar-refractivity contribution < 1.29 is 0 Å². The molecule has 0 spiro atoms. The number of hydrogen-bond acceptors (Lipinski definition) is 2. The number of nitrogens with zero attached hydrogens (tertiary/aromatic N) is 1. The maximum atomic E-state index is 2.38. The summed E-state index contributed by atoms with van der Waals surface area (Å²) < 4.78 is 2.65. The molecule has 0 saturated carbocycles. The number of rotatable bonds is 8. The molecule has 0 aliphatic heterocycles. The Morgan fingerprint density at radius 3 is 1.28 bits per heavy atom. The van der Waals surface area contributed by atoms with E-state index in [1.807, 2.05) is 11.3 Å². The zero-order valence-corrected chi connectivity index (χ0v) is 33.7. The largest absolute Gasteiger partial charge is 0.310 e. The first-order valence-corrected chi connectivity index (χ1v) is 21.3. The molecule has 0 unspecified atom stereocenters. The average molecular weight is 782 g/mol. The highest BCUT2D eigenvalue weighted by molar-refractivity contribution is 7.26. The Labute approximate surface area is 354 Å². The van der Waals surface area contributed by atoms with Gasteiger partial charge in [0, 0.05) is 42.8 Å². The molecule has 10 aromatic carbocycles. The molecule has 0 fully saturated rings. The van der Waals surface area contributed by atoms with Crippen LogP contribution in [0.2, 0.25) is 0 Å². The summed E-state index contributed by atoms with van der Waals surface area (Å²) in [6.07, 6.45) is 0. The van der Waals surface area contributed by atoms with Gasteiger partial charge in [0.05, 0.1) is 0 Å². The molecule has 0 bridgehead atoms. The average Bonchev–Trinajstić information content (AvgIpc) is 3.70. The lowest BCUT2D eigenvalue weighted by atomic mass is 9.95. The van der Waals surface area contributed by atoms with Crippen LogP contribution in [0.3, 0.4) is 0 Å². The molecule has 0 radical (unpaired) electrons. The van der Waals surface area contributed by atoms with Crippen LogP contribution < -0.4 is 4.90 Å². The predicted molar refractivity (Wildman–Crippen MR) is 259 cm³/mol. The minimum atomic E-state index is 1.10. The summed E-state index contributed by atoms with van der Waals surface area (Å²) in [5, 5.41) is 5.17. The number of fused-ring (bicyclic) bond motifs is 4. The number of thiophene rings is 1. The van der Waals surface area contributed by atoms with Crippen molar-refractivity contribution in [1.29, 1.82) is 0 Å². The molecule has 11 rings (SSSR count). The third-order valence-corrected chi connectivity index (χ3v) is 12.9. The third-order valence-electron chi connectivity index (χ3n) is 11.7. The van der Waals surface area contributed by atoms with Gasteiger partial charge in [-0.25, -0.2) is 0 Å². The van der Waals surface area contributed by atoms with Crippen molar-refractivity contribution in [3.8, 4) is 55.6 Å². The Hall–Kier alpha value is -7.52. The van der Waals surface area contributed by atoms with Crippen LogP contribution in [0.25, 0.3) is 86.6 Å². The second-order valence-electron chi connectivity index (χ2n) is 15.3. The summed E-state index contributed by atoms with van der Waals surface area (Å²) in [6, 6.07) is 86.0. The van der Waals surface area contributed by atoms with Crippen molar-refractivity contribution in [2.45, 2.75) is 0 Å². The minimum Gasteiger partial charge on any atom is -0.310 e. The van der Waals surface area contributed by atoms with Gasteiger partial charge in [-0.15, -0.1) is 11.3 Å². The topological polar surface area (TPSA) is 3.24 Å². The quantitative estimate of drug-likeness (QED) is 0.148. The van der Waals surface area contributed by atoms with Gasteiger partial charge in [0.25, 0.3) is 0 Å². The molecule has 1 nitrogen and oxygen atoms in total. The van der Waals surface area contributed by atoms with Crippen molar-refractivity contribution in [3.63, 3.8) is 0 Å². The summed E-state index contributed by atoms with van der Waals surface area (Å²) in [4.78, 5) is 2.38. The van der Waals surface area contributed by atoms with Gasteiger partial charge in [-0.05, 0) is 109 Å². The molecule has 11 aromatic rings. The van der Waals surface area contributed by atoms with Crippen molar-refractivity contribution >= 4 is 59.3 Å². The molecule has 1 aromatic heterocycles. The van der Waals surface area contributed by atoms with E-state index in [0.29, 0.717) is 0 Å². The molecule has 282 valence electrons. The number of benzene rings is 10. The molecule has 2 heteroatoms. The Bertz CT molecular complexity index is 3260. The zero-order chi connectivity index (χ0) is 39.8. The fourth-order valence-corrected chi connectivity index (χ4v) is 9.90. The summed E-state index contributed by atoms with van der Waals surface area (Å²) in [7, 11) is 0. The van der Waals surface area contributed by atoms with E-state index in [1.54, 1.807) is 0 Å². The minimum absolute atomic E-state index is 1.10. The Kier molecular flexibility index (Phi) is 9.11. The Morgan fingerprint density at radius 1 is 0.267 bits per heavy atom. The van der Waals surface area contributed by atoms with Crippen LogP contribution in [0.1, 0.15) is 0 Å². The van der Waals surface area contributed by atoms with E-state index in [1.165, 1.54) is 86.6 Å². The molecule has 60 heavy (non-hydrogen) atoms. The van der Waals surface area contributed by atoms with Gasteiger partial charge in [0.2, 0.25) is 0 Å². The van der Waals surface area contributed by atoms with Gasteiger partial charge in [-0.3, -0.25) is 0 Å². The summed E-state index contributed by atoms with van der Waals surface area (Å²) >= 11 is 1.89. The standard InChI is InChI=1S/C58H39NS/c1-3-12-40(13-4-1)42-22-24-44(25-23-42)45-30-34-50(35-31-45)59(52-18-11-17-48(38-52)46-28-26-43(27-29-46)41-14-5-2-6-15-41)51-36-32-47(33-37-51)57-53-19-8-7-16-49(53)39-55-54-20-9-10-21-56(54)60-58(55)57/h1-39H. The van der Waals surface area contributed by atoms with E-state index >= 15 is 0 Å². The van der Waals surface area contributed by atoms with E-state index in [-0.39, 0.29) is 0 Å². The first-order valence-electron chi connectivity index (χ1n) is 20.5. The molecular formula is C58H39NS. The number of hydrogen-bond donors (Lipinski definition) is 0. The van der Waals surface area contributed by atoms with E-state index < -0.39 is 0 Å². The molecule has 0 saturated heterocycles. The first kappa shape index (κ1) is 35.6. The van der Waals surface area contributed by atoms with E-state index in [4.69, 9.17) is 0 Å². The van der Waals surface area contributed by atoms with Crippen LogP contribution in [-0.2, 0) is 0 Å². The monoisotopic (exact) mass is 781 g/mol. The molecule has 1 heterocycles. The van der Waals surface area contributed by atoms with E-state index in [0.717, 1.165) is 17.1 Å². The highest BCUT2D eigenvalue weighted by atomic mass is 32.1. The maximum Gasteiger partial charge on any atom is 0.0467 e. The van der Waals surface area contributed by atoms with Gasteiger partial charge < -0.3 is 4.90 Å². The van der Waals surface area contributed by atoms with Crippen molar-refractivity contribution in [1.82, 2.24) is 0 Å². The third kappa shape index (κ3) is 6.63. The second kappa shape index (κ2) is 15.3. The van der Waals surface area contributed by atoms with Crippen molar-refractivity contribution in [3.05, 3.63) is 237 Å². The summed E-state index contributed by atoms with van der Waals surface area (Å²) in [6.45, 7) is 0. The van der Waals surface area contributed by atoms with Gasteiger partial charge in [0.15, 0.2) is 0 Å². The van der Waals surface area contributed by atoms with Gasteiger partial charge in [-0.2, -0.15) is 0 Å². The number of anilines is 3. The van der Waals surface area contributed by atoms with E-state index in [2.05, 4.69) is 241 Å². The SMILES string of the molecule is c1ccc(-c2ccc(-c3ccc(N(c4ccc(-c5c6ccccc6cc6c5sc5ccccc56)cc4)c4cccc(-c5ccc(-c6ccccc6)cc5)c4)cc3)cc2)cc1. The highest BCUT2D eigenvalue weighted by Crippen LogP contribution is 2.45. The second-order valence-corrected chi connectivity index (χ2v) is 16.4. The smallest absolute Gasteiger partial charge is 0.0467 e. The lowest BCUT2D eigenvalue weighted by molar-refractivity contribution is 1.28. The van der Waals surface area contributed by atoms with Gasteiger partial charge >= 0.3 is 0 Å². The van der Waals surface area contributed by atoms with E-state index in [9.17, 15) is 0 Å². The molecule has 0 amide bonds. The summed E-state index contributed by atoms with van der Waals surface area (Å²) in [5.74, 6) is 0. The van der Waals surface area contributed by atoms with Crippen LogP contribution >= 0.6 is 11.3 Å². The van der Waals surface area contributed by atoms with Gasteiger partial charge in [-0.1, -0.05) is 188 Å². The maximum absolute atomic E-state index is 2.38. The fraction of sp³-hybridized carbons (Fsp3) is 0. The molecular weight excluding hydrogens is 743 g/mol. The lowest BCUT2D eigenvalue weighted by Crippen LogP contribution is -2.10. The van der Waals surface area contributed by atoms with Crippen LogP contribution in [0.5, 0.6) is 0 Å². The lowest BCUT2D eigenvalue weighted by Gasteiger charge is -2.26. The highest BCUT2D eigenvalue weighted by Gasteiger charge is 2.18. The Morgan fingerprint density at radius 2 is 0.700 bits per heavy atom. The normalized spacial score (nSPS) is 11.3. The first-order chi connectivity index (χ1) is 29.7. The van der Waals surface area contributed by atoms with Crippen LogP contribution in [0, 0.1) is 0 Å². The zero-order valence-electron chi connectivity index (χ0n) is 32.9. The Balaban J connectivity index is 0.995. The molecule has 0 aliphatic rings. The fourth-order valence-electron chi connectivity index (χ4n) is 8.63. The van der Waals surface area contributed by atoms with Crippen LogP contribution in [0.4, 0.5) is 17.1 Å². The van der Waals surface area contributed by atoms with Crippen LogP contribution in [-0.4, -0.2) is 0 Å². The van der Waals surface area contributed by atoms with Crippen molar-refractivity contribution in [2.24, 2.45) is 0 Å². The van der Waals surface area contributed by atoms with Crippen molar-refractivity contribution in [2.75, 3.05) is 4.90 Å². The molecule has 0 N–H and O–H groups in total. The van der Waals surface area contributed by atoms with Crippen LogP contribution in [0.15, 0.2) is 237 Å². The van der Waals surface area contributed by atoms with Gasteiger partial charge in [0.1, 0.15) is 0 Å². The summed E-state index contributed by atoms with van der Waals surface area (Å²) in [5.41, 5.74) is 15.4. The molecule has 0 aliphatic carbocycles.